The van der Waals surface area contributed by atoms with Gasteiger partial charge < -0.3 is 10.6 Å². The molecule has 4 nitrogen and oxygen atoms in total. The molecule has 0 bridgehead atoms. The molecular weight excluding hydrogens is 290 g/mol. The fourth-order valence-electron chi connectivity index (χ4n) is 2.55. The summed E-state index contributed by atoms with van der Waals surface area (Å²) < 4.78 is 0. The molecule has 1 heterocycles. The van der Waals surface area contributed by atoms with E-state index in [1.165, 1.54) is 19.3 Å². The number of amides is 2. The molecule has 2 N–H and O–H groups in total. The molecule has 1 aromatic heterocycles. The van der Waals surface area contributed by atoms with Crippen LogP contribution in [0.15, 0.2) is 6.20 Å². The molecule has 20 heavy (non-hydrogen) atoms. The Hall–Kier alpha value is -0.750. The second kappa shape index (κ2) is 7.88. The van der Waals surface area contributed by atoms with E-state index in [-0.39, 0.29) is 6.03 Å². The number of nitrogens with one attached hydrogen (secondary N) is 2. The zero-order chi connectivity index (χ0) is 14.4. The number of rotatable bonds is 5. The van der Waals surface area contributed by atoms with Crippen LogP contribution >= 0.6 is 23.1 Å². The average Bonchev–Trinajstić information content (AvgIpc) is 2.85. The van der Waals surface area contributed by atoms with E-state index in [2.05, 4.69) is 22.5 Å². The Morgan fingerprint density at radius 3 is 3.00 bits per heavy atom. The Kier molecular flexibility index (Phi) is 6.16. The number of aromatic nitrogens is 1. The minimum atomic E-state index is -0.0512. The highest BCUT2D eigenvalue weighted by molar-refractivity contribution is 7.99. The molecule has 0 radical (unpaired) electrons. The van der Waals surface area contributed by atoms with Crippen molar-refractivity contribution in [3.8, 4) is 0 Å². The number of carbonyl (C=O) groups excluding carboxylic acids is 1. The van der Waals surface area contributed by atoms with Gasteiger partial charge in [-0.25, -0.2) is 9.78 Å². The molecule has 1 aromatic rings. The van der Waals surface area contributed by atoms with E-state index in [9.17, 15) is 4.79 Å². The molecule has 1 saturated carbocycles. The van der Waals surface area contributed by atoms with Crippen molar-refractivity contribution < 1.29 is 4.79 Å². The zero-order valence-electron chi connectivity index (χ0n) is 12.1. The highest BCUT2D eigenvalue weighted by atomic mass is 32.2. The van der Waals surface area contributed by atoms with E-state index in [0.29, 0.717) is 17.8 Å². The maximum atomic E-state index is 12.0. The SMILES string of the molecule is CCSC1CCCCC1NC(=O)NCc1cnc(C)s1. The molecule has 1 aliphatic carbocycles. The summed E-state index contributed by atoms with van der Waals surface area (Å²) in [6.45, 7) is 4.72. The number of nitrogens with zero attached hydrogens (tertiary/aromatic N) is 1. The van der Waals surface area contributed by atoms with Crippen LogP contribution in [0.2, 0.25) is 0 Å². The van der Waals surface area contributed by atoms with Gasteiger partial charge in [-0.05, 0) is 25.5 Å². The molecular formula is C14H23N3OS2. The van der Waals surface area contributed by atoms with E-state index in [1.807, 2.05) is 24.9 Å². The molecule has 2 unspecified atom stereocenters. The number of thioether (sulfide) groups is 1. The Balaban J connectivity index is 1.77. The molecule has 0 saturated heterocycles. The number of thiazole rings is 1. The number of hydrogen-bond donors (Lipinski definition) is 2. The van der Waals surface area contributed by atoms with Gasteiger partial charge in [0, 0.05) is 22.4 Å². The predicted molar refractivity (Wildman–Crippen MR) is 86.4 cm³/mol. The summed E-state index contributed by atoms with van der Waals surface area (Å²) in [7, 11) is 0. The zero-order valence-corrected chi connectivity index (χ0v) is 13.8. The first kappa shape index (κ1) is 15.6. The Labute approximate surface area is 129 Å². The van der Waals surface area contributed by atoms with Crippen LogP contribution in [-0.4, -0.2) is 28.1 Å². The van der Waals surface area contributed by atoms with Crippen molar-refractivity contribution >= 4 is 29.1 Å². The lowest BCUT2D eigenvalue weighted by molar-refractivity contribution is 0.233. The molecule has 0 spiro atoms. The van der Waals surface area contributed by atoms with Crippen LogP contribution < -0.4 is 10.6 Å². The molecule has 0 aliphatic heterocycles. The summed E-state index contributed by atoms with van der Waals surface area (Å²) in [6.07, 6.45) is 6.66. The topological polar surface area (TPSA) is 54.0 Å². The lowest BCUT2D eigenvalue weighted by Gasteiger charge is -2.31. The summed E-state index contributed by atoms with van der Waals surface area (Å²) in [5.41, 5.74) is 0. The smallest absolute Gasteiger partial charge is 0.315 e. The van der Waals surface area contributed by atoms with Crippen LogP contribution in [0, 0.1) is 6.92 Å². The van der Waals surface area contributed by atoms with Crippen molar-refractivity contribution in [2.24, 2.45) is 0 Å². The Morgan fingerprint density at radius 1 is 1.50 bits per heavy atom. The first-order valence-corrected chi connectivity index (χ1v) is 9.13. The van der Waals surface area contributed by atoms with Crippen molar-refractivity contribution in [2.45, 2.75) is 57.4 Å². The van der Waals surface area contributed by atoms with Gasteiger partial charge in [0.2, 0.25) is 0 Å². The van der Waals surface area contributed by atoms with Gasteiger partial charge >= 0.3 is 6.03 Å². The highest BCUT2D eigenvalue weighted by Crippen LogP contribution is 2.28. The quantitative estimate of drug-likeness (QED) is 0.877. The van der Waals surface area contributed by atoms with E-state index < -0.39 is 0 Å². The third-order valence-corrected chi connectivity index (χ3v) is 5.73. The minimum Gasteiger partial charge on any atom is -0.334 e. The van der Waals surface area contributed by atoms with Crippen molar-refractivity contribution in [1.82, 2.24) is 15.6 Å². The highest BCUT2D eigenvalue weighted by Gasteiger charge is 2.26. The fraction of sp³-hybridized carbons (Fsp3) is 0.714. The summed E-state index contributed by atoms with van der Waals surface area (Å²) >= 11 is 3.60. The molecule has 2 rings (SSSR count). The summed E-state index contributed by atoms with van der Waals surface area (Å²) in [5, 5.41) is 7.69. The number of urea groups is 1. The monoisotopic (exact) mass is 313 g/mol. The van der Waals surface area contributed by atoms with Gasteiger partial charge in [-0.2, -0.15) is 11.8 Å². The van der Waals surface area contributed by atoms with Crippen molar-refractivity contribution in [3.05, 3.63) is 16.1 Å². The van der Waals surface area contributed by atoms with Gasteiger partial charge in [-0.1, -0.05) is 19.8 Å². The van der Waals surface area contributed by atoms with Crippen molar-refractivity contribution in [1.29, 1.82) is 0 Å². The molecule has 1 aliphatic rings. The molecule has 6 heteroatoms. The van der Waals surface area contributed by atoms with Crippen LogP contribution in [0.25, 0.3) is 0 Å². The maximum absolute atomic E-state index is 12.0. The summed E-state index contributed by atoms with van der Waals surface area (Å²) in [6, 6.07) is 0.265. The molecule has 112 valence electrons. The molecule has 1 fully saturated rings. The number of aryl methyl sites for hydroxylation is 1. The predicted octanol–water partition coefficient (Wildman–Crippen LogP) is 3.32. The van der Waals surface area contributed by atoms with E-state index in [4.69, 9.17) is 0 Å². The van der Waals surface area contributed by atoms with Crippen LogP contribution in [-0.2, 0) is 6.54 Å². The van der Waals surface area contributed by atoms with Crippen LogP contribution in [0.3, 0.4) is 0 Å². The van der Waals surface area contributed by atoms with Gasteiger partial charge in [-0.15, -0.1) is 11.3 Å². The summed E-state index contributed by atoms with van der Waals surface area (Å²) in [4.78, 5) is 17.3. The van der Waals surface area contributed by atoms with Crippen LogP contribution in [0.1, 0.15) is 42.5 Å². The van der Waals surface area contributed by atoms with E-state index in [1.54, 1.807) is 11.3 Å². The normalized spacial score (nSPS) is 22.5. The van der Waals surface area contributed by atoms with Crippen molar-refractivity contribution in [2.75, 3.05) is 5.75 Å². The average molecular weight is 313 g/mol. The standard InChI is InChI=1S/C14H23N3OS2/c1-3-19-13-7-5-4-6-12(13)17-14(18)16-9-11-8-15-10(2)20-11/h8,12-13H,3-7,9H2,1-2H3,(H2,16,17,18). The maximum Gasteiger partial charge on any atom is 0.315 e. The largest absolute Gasteiger partial charge is 0.334 e. The van der Waals surface area contributed by atoms with Crippen LogP contribution in [0.5, 0.6) is 0 Å². The number of hydrogen-bond acceptors (Lipinski definition) is 4. The van der Waals surface area contributed by atoms with Gasteiger partial charge in [0.25, 0.3) is 0 Å². The molecule has 2 atom stereocenters. The third kappa shape index (κ3) is 4.66. The first-order valence-electron chi connectivity index (χ1n) is 7.26. The molecule has 0 aromatic carbocycles. The molecule has 2 amide bonds. The second-order valence-corrected chi connectivity index (χ2v) is 7.89. The second-order valence-electron chi connectivity index (χ2n) is 5.06. The fourth-order valence-corrected chi connectivity index (χ4v) is 4.48. The Bertz CT molecular complexity index is 434. The van der Waals surface area contributed by atoms with Crippen LogP contribution in [0.4, 0.5) is 4.79 Å². The lowest BCUT2D eigenvalue weighted by Crippen LogP contribution is -2.47. The van der Waals surface area contributed by atoms with Crippen molar-refractivity contribution in [3.63, 3.8) is 0 Å². The third-order valence-electron chi connectivity index (χ3n) is 3.49. The van der Waals surface area contributed by atoms with E-state index in [0.717, 1.165) is 22.1 Å². The van der Waals surface area contributed by atoms with Gasteiger partial charge in [0.1, 0.15) is 0 Å². The lowest BCUT2D eigenvalue weighted by atomic mass is 9.95. The van der Waals surface area contributed by atoms with Gasteiger partial charge in [0.15, 0.2) is 0 Å². The number of carbonyl (C=O) groups is 1. The first-order chi connectivity index (χ1) is 9.69. The van der Waals surface area contributed by atoms with Gasteiger partial charge in [-0.3, -0.25) is 0 Å². The van der Waals surface area contributed by atoms with E-state index >= 15 is 0 Å². The minimum absolute atomic E-state index is 0.0512. The van der Waals surface area contributed by atoms with Gasteiger partial charge in [0.05, 0.1) is 11.6 Å². The summed E-state index contributed by atoms with van der Waals surface area (Å²) in [5.74, 6) is 1.12. The Morgan fingerprint density at radius 2 is 2.30 bits per heavy atom.